The summed E-state index contributed by atoms with van der Waals surface area (Å²) in [5, 5.41) is 11.7. The molecule has 1 atom stereocenters. The zero-order valence-corrected chi connectivity index (χ0v) is 15.2. The maximum atomic E-state index is 13.1. The Labute approximate surface area is 146 Å². The number of rotatable bonds is 7. The Hall–Kier alpha value is -1.89. The molecule has 7 heteroatoms. The van der Waals surface area contributed by atoms with Crippen molar-refractivity contribution in [2.24, 2.45) is 5.92 Å². The van der Waals surface area contributed by atoms with E-state index in [1.807, 2.05) is 32.3 Å². The highest BCUT2D eigenvalue weighted by Gasteiger charge is 2.19. The van der Waals surface area contributed by atoms with E-state index in [0.717, 1.165) is 10.7 Å². The van der Waals surface area contributed by atoms with Gasteiger partial charge in [-0.05, 0) is 37.5 Å². The van der Waals surface area contributed by atoms with E-state index in [1.54, 1.807) is 18.5 Å². The van der Waals surface area contributed by atoms with Gasteiger partial charge in [-0.1, -0.05) is 37.7 Å². The van der Waals surface area contributed by atoms with Crippen LogP contribution in [0.25, 0.3) is 0 Å². The zero-order chi connectivity index (χ0) is 17.7. The smallest absolute Gasteiger partial charge is 0.230 e. The van der Waals surface area contributed by atoms with Gasteiger partial charge >= 0.3 is 0 Å². The lowest BCUT2D eigenvalue weighted by molar-refractivity contribution is -0.119. The molecule has 0 aliphatic rings. The largest absolute Gasteiger partial charge is 0.348 e. The Morgan fingerprint density at radius 1 is 1.25 bits per heavy atom. The standard InChI is InChI=1S/C17H23FN4OS/c1-11(2)16(13-5-7-14(18)8-6-13)20-15(23)9-24-17-21-19-10-22(17)12(3)4/h5-8,10-12,16H,9H2,1-4H3,(H,20,23). The number of hydrogen-bond donors (Lipinski definition) is 1. The van der Waals surface area contributed by atoms with Gasteiger partial charge in [0.15, 0.2) is 5.16 Å². The summed E-state index contributed by atoms with van der Waals surface area (Å²) >= 11 is 1.36. The number of benzene rings is 1. The second-order valence-electron chi connectivity index (χ2n) is 6.24. The number of halogens is 1. The number of thioether (sulfide) groups is 1. The fourth-order valence-corrected chi connectivity index (χ4v) is 3.20. The monoisotopic (exact) mass is 350 g/mol. The molecule has 0 fully saturated rings. The molecule has 1 amide bonds. The van der Waals surface area contributed by atoms with Gasteiger partial charge in [-0.25, -0.2) is 4.39 Å². The summed E-state index contributed by atoms with van der Waals surface area (Å²) in [6.45, 7) is 8.13. The van der Waals surface area contributed by atoms with Crippen LogP contribution >= 0.6 is 11.8 Å². The molecule has 0 radical (unpaired) electrons. The molecule has 1 aromatic heterocycles. The van der Waals surface area contributed by atoms with E-state index in [2.05, 4.69) is 15.5 Å². The van der Waals surface area contributed by atoms with Crippen molar-refractivity contribution >= 4 is 17.7 Å². The molecule has 2 aromatic rings. The predicted molar refractivity (Wildman–Crippen MR) is 93.3 cm³/mol. The summed E-state index contributed by atoms with van der Waals surface area (Å²) in [7, 11) is 0. The molecule has 5 nitrogen and oxygen atoms in total. The fourth-order valence-electron chi connectivity index (χ4n) is 2.34. The molecule has 0 saturated carbocycles. The van der Waals surface area contributed by atoms with Crippen molar-refractivity contribution in [2.75, 3.05) is 5.75 Å². The van der Waals surface area contributed by atoms with Gasteiger partial charge in [-0.15, -0.1) is 10.2 Å². The van der Waals surface area contributed by atoms with Crippen LogP contribution in [0.15, 0.2) is 35.7 Å². The Bertz CT molecular complexity index is 669. The SMILES string of the molecule is CC(C)C(NC(=O)CSc1nncn1C(C)C)c1ccc(F)cc1. The second-order valence-corrected chi connectivity index (χ2v) is 7.19. The van der Waals surface area contributed by atoms with Gasteiger partial charge in [0.25, 0.3) is 0 Å². The quantitative estimate of drug-likeness (QED) is 0.775. The molecule has 1 aromatic carbocycles. The Morgan fingerprint density at radius 2 is 1.92 bits per heavy atom. The minimum Gasteiger partial charge on any atom is -0.348 e. The van der Waals surface area contributed by atoms with E-state index in [0.29, 0.717) is 0 Å². The number of nitrogens with one attached hydrogen (secondary N) is 1. The number of amides is 1. The molecule has 0 saturated heterocycles. The highest BCUT2D eigenvalue weighted by molar-refractivity contribution is 7.99. The molecule has 0 spiro atoms. The minimum absolute atomic E-state index is 0.0821. The molecule has 1 unspecified atom stereocenters. The van der Waals surface area contributed by atoms with E-state index in [1.165, 1.54) is 23.9 Å². The van der Waals surface area contributed by atoms with Crippen LogP contribution in [0.5, 0.6) is 0 Å². The minimum atomic E-state index is -0.281. The number of carbonyl (C=O) groups is 1. The second kappa shape index (κ2) is 8.28. The van der Waals surface area contributed by atoms with E-state index in [9.17, 15) is 9.18 Å². The van der Waals surface area contributed by atoms with Crippen LogP contribution in [0.4, 0.5) is 4.39 Å². The lowest BCUT2D eigenvalue weighted by Crippen LogP contribution is -2.33. The molecular formula is C17H23FN4OS. The summed E-state index contributed by atoms with van der Waals surface area (Å²) in [6, 6.07) is 6.34. The third kappa shape index (κ3) is 4.80. The molecule has 130 valence electrons. The van der Waals surface area contributed by atoms with Crippen molar-refractivity contribution in [3.05, 3.63) is 42.0 Å². The summed E-state index contributed by atoms with van der Waals surface area (Å²) in [6.07, 6.45) is 1.67. The van der Waals surface area contributed by atoms with E-state index < -0.39 is 0 Å². The summed E-state index contributed by atoms with van der Waals surface area (Å²) in [5.41, 5.74) is 0.898. The van der Waals surface area contributed by atoms with E-state index in [4.69, 9.17) is 0 Å². The van der Waals surface area contributed by atoms with Crippen molar-refractivity contribution in [3.63, 3.8) is 0 Å². The summed E-state index contributed by atoms with van der Waals surface area (Å²) in [5.74, 6) is 0.0942. The van der Waals surface area contributed by atoms with E-state index in [-0.39, 0.29) is 35.5 Å². The maximum absolute atomic E-state index is 13.1. The zero-order valence-electron chi connectivity index (χ0n) is 14.4. The first-order chi connectivity index (χ1) is 11.4. The third-order valence-electron chi connectivity index (χ3n) is 3.64. The van der Waals surface area contributed by atoms with E-state index >= 15 is 0 Å². The lowest BCUT2D eigenvalue weighted by Gasteiger charge is -2.23. The highest BCUT2D eigenvalue weighted by Crippen LogP contribution is 2.23. The van der Waals surface area contributed by atoms with Gasteiger partial charge in [-0.2, -0.15) is 0 Å². The van der Waals surface area contributed by atoms with Crippen LogP contribution in [0.3, 0.4) is 0 Å². The van der Waals surface area contributed by atoms with Crippen LogP contribution in [0.1, 0.15) is 45.3 Å². The Kier molecular flexibility index (Phi) is 6.36. The van der Waals surface area contributed by atoms with Gasteiger partial charge < -0.3 is 9.88 Å². The first-order valence-corrected chi connectivity index (χ1v) is 8.94. The Balaban J connectivity index is 1.98. The molecule has 1 heterocycles. The van der Waals surface area contributed by atoms with Crippen LogP contribution < -0.4 is 5.32 Å². The van der Waals surface area contributed by atoms with Crippen molar-refractivity contribution in [3.8, 4) is 0 Å². The van der Waals surface area contributed by atoms with Gasteiger partial charge in [0, 0.05) is 6.04 Å². The Morgan fingerprint density at radius 3 is 2.50 bits per heavy atom. The first-order valence-electron chi connectivity index (χ1n) is 7.95. The average molecular weight is 350 g/mol. The summed E-state index contributed by atoms with van der Waals surface area (Å²) < 4.78 is 15.0. The topological polar surface area (TPSA) is 59.8 Å². The average Bonchev–Trinajstić information content (AvgIpc) is 3.00. The first kappa shape index (κ1) is 18.4. The molecule has 24 heavy (non-hydrogen) atoms. The van der Waals surface area contributed by atoms with Gasteiger partial charge in [-0.3, -0.25) is 4.79 Å². The fraction of sp³-hybridized carbons (Fsp3) is 0.471. The maximum Gasteiger partial charge on any atom is 0.230 e. The molecule has 0 aliphatic heterocycles. The molecule has 2 rings (SSSR count). The normalized spacial score (nSPS) is 12.6. The van der Waals surface area contributed by atoms with Crippen LogP contribution in [0, 0.1) is 11.7 Å². The number of hydrogen-bond acceptors (Lipinski definition) is 4. The lowest BCUT2D eigenvalue weighted by atomic mass is 9.96. The van der Waals surface area contributed by atoms with Crippen molar-refractivity contribution in [1.82, 2.24) is 20.1 Å². The highest BCUT2D eigenvalue weighted by atomic mass is 32.2. The van der Waals surface area contributed by atoms with Crippen molar-refractivity contribution in [1.29, 1.82) is 0 Å². The third-order valence-corrected chi connectivity index (χ3v) is 4.60. The van der Waals surface area contributed by atoms with Gasteiger partial charge in [0.05, 0.1) is 11.8 Å². The van der Waals surface area contributed by atoms with Gasteiger partial charge in [0.2, 0.25) is 5.91 Å². The molecular weight excluding hydrogens is 327 g/mol. The number of carbonyl (C=O) groups excluding carboxylic acids is 1. The van der Waals surface area contributed by atoms with Crippen molar-refractivity contribution < 1.29 is 9.18 Å². The number of aromatic nitrogens is 3. The van der Waals surface area contributed by atoms with Crippen LogP contribution in [-0.4, -0.2) is 26.4 Å². The molecule has 0 aliphatic carbocycles. The van der Waals surface area contributed by atoms with Crippen LogP contribution in [0.2, 0.25) is 0 Å². The predicted octanol–water partition coefficient (Wildman–Crippen LogP) is 3.60. The summed E-state index contributed by atoms with van der Waals surface area (Å²) in [4.78, 5) is 12.3. The van der Waals surface area contributed by atoms with Gasteiger partial charge in [0.1, 0.15) is 12.1 Å². The molecule has 0 bridgehead atoms. The van der Waals surface area contributed by atoms with Crippen LogP contribution in [-0.2, 0) is 4.79 Å². The molecule has 1 N–H and O–H groups in total. The number of nitrogens with zero attached hydrogens (tertiary/aromatic N) is 3. The van der Waals surface area contributed by atoms with Crippen molar-refractivity contribution in [2.45, 2.75) is 44.9 Å².